The monoisotopic (exact) mass is 350 g/mol. The van der Waals surface area contributed by atoms with Crippen LogP contribution in [0.1, 0.15) is 6.92 Å². The van der Waals surface area contributed by atoms with Crippen LogP contribution in [0.15, 0.2) is 23.0 Å². The van der Waals surface area contributed by atoms with E-state index in [1.807, 2.05) is 11.6 Å². The Morgan fingerprint density at radius 3 is 2.79 bits per heavy atom. The Hall–Kier alpha value is -2.00. The molecule has 0 amide bonds. The molecular weight excluding hydrogens is 328 g/mol. The lowest BCUT2D eigenvalue weighted by atomic mass is 10.2. The number of rotatable bonds is 3. The van der Waals surface area contributed by atoms with Crippen molar-refractivity contribution in [2.75, 3.05) is 37.2 Å². The lowest BCUT2D eigenvalue weighted by Crippen LogP contribution is -2.44. The van der Waals surface area contributed by atoms with Gasteiger partial charge in [-0.2, -0.15) is 4.36 Å². The Labute approximate surface area is 142 Å². The second-order valence-electron chi connectivity index (χ2n) is 6.19. The summed E-state index contributed by atoms with van der Waals surface area (Å²) >= 11 is 0. The Bertz CT molecular complexity index is 847. The number of imidazole rings is 1. The first-order valence-corrected chi connectivity index (χ1v) is 10.0. The number of aryl methyl sites for hydroxylation is 1. The number of aromatic nitrogens is 4. The summed E-state index contributed by atoms with van der Waals surface area (Å²) in [5.74, 6) is 1.71. The van der Waals surface area contributed by atoms with Gasteiger partial charge < -0.3 is 14.2 Å². The number of ether oxygens (including phenoxy) is 1. The van der Waals surface area contributed by atoms with Gasteiger partial charge in [0, 0.05) is 41.9 Å². The first-order chi connectivity index (χ1) is 11.3. The first kappa shape index (κ1) is 16.8. The van der Waals surface area contributed by atoms with Gasteiger partial charge in [-0.05, 0) is 6.92 Å². The van der Waals surface area contributed by atoms with Crippen LogP contribution in [0.3, 0.4) is 0 Å². The van der Waals surface area contributed by atoms with E-state index in [-0.39, 0.29) is 6.04 Å². The highest BCUT2D eigenvalue weighted by molar-refractivity contribution is 7.92. The van der Waals surface area contributed by atoms with Crippen LogP contribution in [-0.2, 0) is 21.5 Å². The molecule has 0 aromatic carbocycles. The summed E-state index contributed by atoms with van der Waals surface area (Å²) in [4.78, 5) is 15.4. The van der Waals surface area contributed by atoms with Crippen molar-refractivity contribution >= 4 is 21.4 Å². The number of nitrogens with zero attached hydrogens (tertiary/aromatic N) is 6. The highest BCUT2D eigenvalue weighted by Crippen LogP contribution is 2.26. The van der Waals surface area contributed by atoms with Crippen LogP contribution in [0.5, 0.6) is 0 Å². The molecule has 1 saturated heterocycles. The van der Waals surface area contributed by atoms with Gasteiger partial charge in [0.05, 0.1) is 31.8 Å². The third-order valence-electron chi connectivity index (χ3n) is 3.72. The molecule has 0 bridgehead atoms. The van der Waals surface area contributed by atoms with Gasteiger partial charge >= 0.3 is 0 Å². The fourth-order valence-corrected chi connectivity index (χ4v) is 3.14. The van der Waals surface area contributed by atoms with Crippen molar-refractivity contribution in [1.82, 2.24) is 19.5 Å². The Kier molecular flexibility index (Phi) is 4.55. The molecule has 0 unspecified atom stereocenters. The SMILES string of the molecule is C[C@@H]1COCCN1c1cc(N=S(C)(C)=O)nc(-c2cncn2C)n1. The lowest BCUT2D eigenvalue weighted by Gasteiger charge is -2.34. The molecule has 0 saturated carbocycles. The molecule has 0 aliphatic carbocycles. The van der Waals surface area contributed by atoms with Gasteiger partial charge in [-0.15, -0.1) is 0 Å². The largest absolute Gasteiger partial charge is 0.377 e. The highest BCUT2D eigenvalue weighted by Gasteiger charge is 2.22. The second kappa shape index (κ2) is 6.48. The minimum absolute atomic E-state index is 0.202. The average molecular weight is 350 g/mol. The van der Waals surface area contributed by atoms with E-state index in [4.69, 9.17) is 4.74 Å². The molecule has 0 radical (unpaired) electrons. The van der Waals surface area contributed by atoms with Gasteiger partial charge in [0.2, 0.25) is 0 Å². The summed E-state index contributed by atoms with van der Waals surface area (Å²) in [6.07, 6.45) is 6.59. The fraction of sp³-hybridized carbons (Fsp3) is 0.533. The maximum Gasteiger partial charge on any atom is 0.181 e. The third-order valence-corrected chi connectivity index (χ3v) is 4.35. The van der Waals surface area contributed by atoms with Gasteiger partial charge in [0.15, 0.2) is 11.6 Å². The number of anilines is 1. The van der Waals surface area contributed by atoms with Gasteiger partial charge in [-0.1, -0.05) is 0 Å². The Morgan fingerprint density at radius 1 is 1.38 bits per heavy atom. The molecule has 2 aromatic heterocycles. The predicted molar refractivity (Wildman–Crippen MR) is 93.9 cm³/mol. The molecular formula is C15H22N6O2S. The maximum atomic E-state index is 12.1. The molecule has 9 heteroatoms. The third kappa shape index (κ3) is 3.73. The Morgan fingerprint density at radius 2 is 2.17 bits per heavy atom. The zero-order valence-electron chi connectivity index (χ0n) is 14.3. The maximum absolute atomic E-state index is 12.1. The van der Waals surface area contributed by atoms with Gasteiger partial charge in [0.1, 0.15) is 11.5 Å². The predicted octanol–water partition coefficient (Wildman–Crippen LogP) is 1.46. The summed E-state index contributed by atoms with van der Waals surface area (Å²) in [7, 11) is -0.431. The van der Waals surface area contributed by atoms with Gasteiger partial charge in [0.25, 0.3) is 0 Å². The summed E-state index contributed by atoms with van der Waals surface area (Å²) in [6, 6.07) is 1.99. The lowest BCUT2D eigenvalue weighted by molar-refractivity contribution is 0.0985. The molecule has 1 fully saturated rings. The van der Waals surface area contributed by atoms with E-state index in [0.29, 0.717) is 24.9 Å². The quantitative estimate of drug-likeness (QED) is 0.833. The van der Waals surface area contributed by atoms with Crippen molar-refractivity contribution in [2.45, 2.75) is 13.0 Å². The zero-order valence-corrected chi connectivity index (χ0v) is 15.2. The van der Waals surface area contributed by atoms with E-state index in [1.165, 1.54) is 0 Å². The normalized spacial score (nSPS) is 18.7. The molecule has 1 atom stereocenters. The molecule has 8 nitrogen and oxygen atoms in total. The van der Waals surface area contributed by atoms with Crippen molar-refractivity contribution in [3.63, 3.8) is 0 Å². The molecule has 1 aliphatic heterocycles. The van der Waals surface area contributed by atoms with Crippen molar-refractivity contribution in [3.05, 3.63) is 18.6 Å². The van der Waals surface area contributed by atoms with Gasteiger partial charge in [-0.25, -0.2) is 19.2 Å². The van der Waals surface area contributed by atoms with Crippen molar-refractivity contribution < 1.29 is 8.95 Å². The standard InChI is InChI=1S/C15H22N6O2S/c1-11-9-23-6-5-21(11)14-7-13(19-24(3,4)22)17-15(18-14)12-8-16-10-20(12)2/h7-8,10-11H,5-6,9H2,1-4H3/t11-/m1/s1. The molecule has 130 valence electrons. The molecule has 0 spiro atoms. The summed E-state index contributed by atoms with van der Waals surface area (Å²) < 4.78 is 23.7. The van der Waals surface area contributed by atoms with Crippen LogP contribution >= 0.6 is 0 Å². The minimum Gasteiger partial charge on any atom is -0.377 e. The van der Waals surface area contributed by atoms with Crippen molar-refractivity contribution in [3.8, 4) is 11.5 Å². The molecule has 2 aromatic rings. The molecule has 24 heavy (non-hydrogen) atoms. The van der Waals surface area contributed by atoms with Crippen LogP contribution < -0.4 is 4.90 Å². The van der Waals surface area contributed by atoms with Gasteiger partial charge in [-0.3, -0.25) is 0 Å². The zero-order chi connectivity index (χ0) is 17.3. The average Bonchev–Trinajstić information content (AvgIpc) is 2.92. The van der Waals surface area contributed by atoms with E-state index in [9.17, 15) is 4.21 Å². The van der Waals surface area contributed by atoms with Crippen LogP contribution in [-0.4, -0.2) is 62.0 Å². The van der Waals surface area contributed by atoms with E-state index < -0.39 is 9.73 Å². The second-order valence-corrected chi connectivity index (χ2v) is 8.73. The fourth-order valence-electron chi connectivity index (χ4n) is 2.60. The molecule has 0 N–H and O–H groups in total. The summed E-state index contributed by atoms with van der Waals surface area (Å²) in [5.41, 5.74) is 0.785. The summed E-state index contributed by atoms with van der Waals surface area (Å²) in [6.45, 7) is 4.14. The van der Waals surface area contributed by atoms with E-state index >= 15 is 0 Å². The number of morpholine rings is 1. The van der Waals surface area contributed by atoms with Crippen molar-refractivity contribution in [2.24, 2.45) is 11.4 Å². The van der Waals surface area contributed by atoms with Crippen LogP contribution in [0.2, 0.25) is 0 Å². The molecule has 3 rings (SSSR count). The molecule has 3 heterocycles. The smallest absolute Gasteiger partial charge is 0.181 e. The van der Waals surface area contributed by atoms with E-state index in [1.54, 1.807) is 31.1 Å². The van der Waals surface area contributed by atoms with Crippen LogP contribution in [0.4, 0.5) is 11.6 Å². The Balaban J connectivity index is 2.13. The topological polar surface area (TPSA) is 85.5 Å². The number of hydrogen-bond donors (Lipinski definition) is 0. The first-order valence-electron chi connectivity index (χ1n) is 7.71. The van der Waals surface area contributed by atoms with Crippen LogP contribution in [0, 0.1) is 0 Å². The molecule has 1 aliphatic rings. The summed E-state index contributed by atoms with van der Waals surface area (Å²) in [5, 5.41) is 0. The van der Waals surface area contributed by atoms with E-state index in [2.05, 4.69) is 31.1 Å². The highest BCUT2D eigenvalue weighted by atomic mass is 32.2. The van der Waals surface area contributed by atoms with Crippen molar-refractivity contribution in [1.29, 1.82) is 0 Å². The van der Waals surface area contributed by atoms with E-state index in [0.717, 1.165) is 18.1 Å². The van der Waals surface area contributed by atoms with Crippen LogP contribution in [0.25, 0.3) is 11.5 Å². The minimum atomic E-state index is -2.31. The number of hydrogen-bond acceptors (Lipinski definition) is 7.